The van der Waals surface area contributed by atoms with E-state index in [0.717, 1.165) is 38.5 Å². The second-order valence-corrected chi connectivity index (χ2v) is 16.8. The molecule has 0 aromatic rings. The molecule has 0 saturated heterocycles. The van der Waals surface area contributed by atoms with Crippen LogP contribution < -0.4 is 5.32 Å². The molecule has 3 atom stereocenters. The highest BCUT2D eigenvalue weighted by molar-refractivity contribution is 7.47. The van der Waals surface area contributed by atoms with Crippen molar-refractivity contribution in [3.05, 3.63) is 24.3 Å². The predicted octanol–water partition coefficient (Wildman–Crippen LogP) is 11.0. The number of aliphatic hydroxyl groups is 1. The zero-order valence-electron chi connectivity index (χ0n) is 33.4. The summed E-state index contributed by atoms with van der Waals surface area (Å²) in [5.74, 6) is -0.187. The molecule has 0 spiro atoms. The van der Waals surface area contributed by atoms with E-state index >= 15 is 0 Å². The highest BCUT2D eigenvalue weighted by Crippen LogP contribution is 2.43. The van der Waals surface area contributed by atoms with E-state index in [9.17, 15) is 19.4 Å². The molecule has 9 heteroatoms. The molecule has 0 bridgehead atoms. The van der Waals surface area contributed by atoms with E-state index in [1.165, 1.54) is 122 Å². The number of carbonyl (C=O) groups is 1. The van der Waals surface area contributed by atoms with E-state index < -0.39 is 20.0 Å². The van der Waals surface area contributed by atoms with Gasteiger partial charge in [0.1, 0.15) is 13.2 Å². The van der Waals surface area contributed by atoms with Crippen molar-refractivity contribution in [2.24, 2.45) is 0 Å². The Morgan fingerprint density at radius 3 is 1.60 bits per heavy atom. The Labute approximate surface area is 309 Å². The predicted molar refractivity (Wildman–Crippen MR) is 212 cm³/mol. The number of quaternary nitrogens is 1. The largest absolute Gasteiger partial charge is 0.472 e. The number of phosphoric acid groups is 1. The molecule has 0 radical (unpaired) electrons. The monoisotopic (exact) mass is 730 g/mol. The van der Waals surface area contributed by atoms with Gasteiger partial charge in [0.15, 0.2) is 0 Å². The van der Waals surface area contributed by atoms with Crippen molar-refractivity contribution >= 4 is 13.7 Å². The summed E-state index contributed by atoms with van der Waals surface area (Å²) in [4.78, 5) is 23.0. The molecule has 0 fully saturated rings. The standard InChI is InChI=1S/C41H81N2O6P/c1-6-8-10-12-14-16-18-19-20-21-22-23-25-27-29-31-33-35-41(45)42-39(38-49-50(46,47)48-37-36-43(3,4)5)40(44)34-32-30-28-26-24-17-15-13-11-9-7-2/h24,26,32,34,39-40,44H,6-23,25,27-31,33,35-38H2,1-5H3,(H-,42,45,46,47)/p+1/b26-24+,34-32+. The molecule has 8 nitrogen and oxygen atoms in total. The van der Waals surface area contributed by atoms with Crippen molar-refractivity contribution in [2.75, 3.05) is 40.9 Å². The van der Waals surface area contributed by atoms with Crippen molar-refractivity contribution in [3.63, 3.8) is 0 Å². The van der Waals surface area contributed by atoms with Crippen LogP contribution in [0, 0.1) is 0 Å². The molecule has 0 aliphatic heterocycles. The SMILES string of the molecule is CCCCCCC/C=C/CC/C=C/C(O)C(COP(=O)(O)OCC[N+](C)(C)C)NC(=O)CCCCCCCCCCCCCCCCCCC. The fourth-order valence-corrected chi connectivity index (χ4v) is 6.56. The number of nitrogens with one attached hydrogen (secondary N) is 1. The average molecular weight is 730 g/mol. The minimum atomic E-state index is -4.33. The van der Waals surface area contributed by atoms with Crippen molar-refractivity contribution in [2.45, 2.75) is 193 Å². The third-order valence-electron chi connectivity index (χ3n) is 9.17. The molecule has 0 aliphatic rings. The minimum Gasteiger partial charge on any atom is -0.387 e. The summed E-state index contributed by atoms with van der Waals surface area (Å²) in [7, 11) is 1.56. The summed E-state index contributed by atoms with van der Waals surface area (Å²) < 4.78 is 23.4. The van der Waals surface area contributed by atoms with Gasteiger partial charge in [0.05, 0.1) is 39.9 Å². The van der Waals surface area contributed by atoms with Gasteiger partial charge in [0, 0.05) is 6.42 Å². The second-order valence-electron chi connectivity index (χ2n) is 15.4. The van der Waals surface area contributed by atoms with Crippen LogP contribution in [0.4, 0.5) is 0 Å². The van der Waals surface area contributed by atoms with Gasteiger partial charge in [-0.3, -0.25) is 13.8 Å². The summed E-state index contributed by atoms with van der Waals surface area (Å²) in [6.45, 7) is 4.76. The Kier molecular flexibility index (Phi) is 33.1. The average Bonchev–Trinajstić information content (AvgIpc) is 3.06. The zero-order valence-corrected chi connectivity index (χ0v) is 34.3. The maximum Gasteiger partial charge on any atom is 0.472 e. The number of nitrogens with zero attached hydrogens (tertiary/aromatic N) is 1. The summed E-state index contributed by atoms with van der Waals surface area (Å²) in [5.41, 5.74) is 0. The van der Waals surface area contributed by atoms with Crippen LogP contribution in [0.5, 0.6) is 0 Å². The number of phosphoric ester groups is 1. The number of aliphatic hydroxyl groups excluding tert-OH is 1. The molecule has 3 N–H and O–H groups in total. The Morgan fingerprint density at radius 2 is 1.10 bits per heavy atom. The lowest BCUT2D eigenvalue weighted by Gasteiger charge is -2.25. The number of hydrogen-bond acceptors (Lipinski definition) is 5. The summed E-state index contributed by atoms with van der Waals surface area (Å²) >= 11 is 0. The van der Waals surface area contributed by atoms with Gasteiger partial charge in [-0.05, 0) is 32.1 Å². The second kappa shape index (κ2) is 33.8. The van der Waals surface area contributed by atoms with Crippen LogP contribution in [0.2, 0.25) is 0 Å². The van der Waals surface area contributed by atoms with Crippen molar-refractivity contribution in [1.29, 1.82) is 0 Å². The van der Waals surface area contributed by atoms with E-state index in [4.69, 9.17) is 9.05 Å². The first-order valence-electron chi connectivity index (χ1n) is 20.7. The number of likely N-dealkylation sites (N-methyl/N-ethyl adjacent to an activating group) is 1. The van der Waals surface area contributed by atoms with Crippen molar-refractivity contribution in [1.82, 2.24) is 5.32 Å². The lowest BCUT2D eigenvalue weighted by molar-refractivity contribution is -0.870. The Balaban J connectivity index is 4.43. The van der Waals surface area contributed by atoms with Gasteiger partial charge in [-0.1, -0.05) is 167 Å². The van der Waals surface area contributed by atoms with Crippen LogP contribution in [0.3, 0.4) is 0 Å². The van der Waals surface area contributed by atoms with Gasteiger partial charge in [-0.2, -0.15) is 0 Å². The van der Waals surface area contributed by atoms with Gasteiger partial charge in [0.25, 0.3) is 0 Å². The smallest absolute Gasteiger partial charge is 0.387 e. The number of carbonyl (C=O) groups excluding carboxylic acids is 1. The highest BCUT2D eigenvalue weighted by Gasteiger charge is 2.27. The van der Waals surface area contributed by atoms with Gasteiger partial charge < -0.3 is 19.8 Å². The summed E-state index contributed by atoms with van der Waals surface area (Å²) in [6, 6.07) is -0.856. The van der Waals surface area contributed by atoms with Crippen LogP contribution >= 0.6 is 7.82 Å². The molecule has 0 rings (SSSR count). The molecule has 0 saturated carbocycles. The number of rotatable bonds is 37. The molecular weight excluding hydrogens is 647 g/mol. The molecule has 0 aromatic carbocycles. The third kappa shape index (κ3) is 35.4. The normalized spacial score (nSPS) is 14.8. The minimum absolute atomic E-state index is 0.0579. The van der Waals surface area contributed by atoms with Crippen LogP contribution in [-0.2, 0) is 18.4 Å². The first-order chi connectivity index (χ1) is 24.0. The number of unbranched alkanes of at least 4 members (excludes halogenated alkanes) is 22. The topological polar surface area (TPSA) is 105 Å². The maximum absolute atomic E-state index is 12.8. The first kappa shape index (κ1) is 49.0. The zero-order chi connectivity index (χ0) is 37.2. The number of hydrogen-bond donors (Lipinski definition) is 3. The highest BCUT2D eigenvalue weighted by atomic mass is 31.2. The van der Waals surface area contributed by atoms with E-state index in [2.05, 4.69) is 31.3 Å². The Hall–Kier alpha value is -1.02. The number of amides is 1. The summed E-state index contributed by atoms with van der Waals surface area (Å²) in [5, 5.41) is 13.7. The van der Waals surface area contributed by atoms with Crippen LogP contribution in [0.25, 0.3) is 0 Å². The molecular formula is C41H82N2O6P+. The molecule has 3 unspecified atom stereocenters. The fourth-order valence-electron chi connectivity index (χ4n) is 5.82. The summed E-state index contributed by atoms with van der Waals surface area (Å²) in [6.07, 6.45) is 38.2. The van der Waals surface area contributed by atoms with E-state index in [1.807, 2.05) is 27.2 Å². The van der Waals surface area contributed by atoms with E-state index in [0.29, 0.717) is 17.4 Å². The number of allylic oxidation sites excluding steroid dienone is 3. The lowest BCUT2D eigenvalue weighted by Crippen LogP contribution is -2.45. The molecule has 296 valence electrons. The van der Waals surface area contributed by atoms with Gasteiger partial charge in [0.2, 0.25) is 5.91 Å². The van der Waals surface area contributed by atoms with Crippen LogP contribution in [0.1, 0.15) is 181 Å². The maximum atomic E-state index is 12.8. The van der Waals surface area contributed by atoms with Crippen LogP contribution in [0.15, 0.2) is 24.3 Å². The van der Waals surface area contributed by atoms with E-state index in [-0.39, 0.29) is 19.1 Å². The Bertz CT molecular complexity index is 876. The van der Waals surface area contributed by atoms with Gasteiger partial charge >= 0.3 is 7.82 Å². The first-order valence-corrected chi connectivity index (χ1v) is 22.2. The molecule has 0 aromatic heterocycles. The lowest BCUT2D eigenvalue weighted by atomic mass is 10.0. The van der Waals surface area contributed by atoms with Gasteiger partial charge in [-0.15, -0.1) is 0 Å². The van der Waals surface area contributed by atoms with Gasteiger partial charge in [-0.25, -0.2) is 4.57 Å². The van der Waals surface area contributed by atoms with E-state index in [1.54, 1.807) is 6.08 Å². The fraction of sp³-hybridized carbons (Fsp3) is 0.878. The van der Waals surface area contributed by atoms with Crippen LogP contribution in [-0.4, -0.2) is 73.4 Å². The molecule has 1 amide bonds. The molecule has 0 aliphatic carbocycles. The quantitative estimate of drug-likeness (QED) is 0.0254. The molecule has 0 heterocycles. The molecule has 50 heavy (non-hydrogen) atoms. The Morgan fingerprint density at radius 1 is 0.660 bits per heavy atom. The van der Waals surface area contributed by atoms with Crippen molar-refractivity contribution in [3.8, 4) is 0 Å². The van der Waals surface area contributed by atoms with Crippen molar-refractivity contribution < 1.29 is 32.9 Å². The third-order valence-corrected chi connectivity index (χ3v) is 10.2.